The van der Waals surface area contributed by atoms with Crippen LogP contribution in [0.2, 0.25) is 5.21 Å². The third-order valence-corrected chi connectivity index (χ3v) is 1.18. The number of rotatable bonds is 2. The van der Waals surface area contributed by atoms with E-state index in [4.69, 9.17) is 0 Å². The molecule has 0 bridgehead atoms. The molecule has 2 radical (unpaired) electrons. The summed E-state index contributed by atoms with van der Waals surface area (Å²) in [5.41, 5.74) is 0. The molecule has 0 aliphatic heterocycles. The standard InChI is InChI=1S/C4H9As/c1-2-3-4-5/h2-4H2,1H3. The van der Waals surface area contributed by atoms with Crippen LogP contribution in [0.15, 0.2) is 0 Å². The molecular weight excluding hydrogens is 123 g/mol. The third-order valence-electron chi connectivity index (χ3n) is 0.512. The maximum absolute atomic E-state index is 2.58. The molecule has 0 spiro atoms. The Hall–Kier alpha value is 0.558. The fourth-order valence-electron chi connectivity index (χ4n) is 0.158. The molecule has 0 atom stereocenters. The number of unbranched alkanes of at least 4 members (excludes halogenated alkanes) is 1. The Labute approximate surface area is 42.5 Å². The molecule has 0 saturated carbocycles. The van der Waals surface area contributed by atoms with Crippen LogP contribution in [0.1, 0.15) is 19.8 Å². The summed E-state index contributed by atoms with van der Waals surface area (Å²) in [6, 6.07) is 0. The molecule has 0 amide bonds. The Balaban J connectivity index is 2.19. The Morgan fingerprint density at radius 2 is 2.20 bits per heavy atom. The van der Waals surface area contributed by atoms with E-state index >= 15 is 0 Å². The van der Waals surface area contributed by atoms with Crippen molar-refractivity contribution in [1.29, 1.82) is 0 Å². The molecule has 0 saturated heterocycles. The molecule has 0 rings (SSSR count). The van der Waals surface area contributed by atoms with E-state index in [1.54, 1.807) is 0 Å². The first kappa shape index (κ1) is 5.56. The summed E-state index contributed by atoms with van der Waals surface area (Å²) < 4.78 is 0. The van der Waals surface area contributed by atoms with Crippen molar-refractivity contribution in [3.05, 3.63) is 0 Å². The molecule has 0 unspecified atom stereocenters. The van der Waals surface area contributed by atoms with Gasteiger partial charge in [0.15, 0.2) is 0 Å². The minimum absolute atomic E-state index is 1.28. The molecule has 0 heterocycles. The zero-order chi connectivity index (χ0) is 4.12. The molecule has 0 aromatic heterocycles. The third kappa shape index (κ3) is 4.56. The second-order valence-electron chi connectivity index (χ2n) is 1.08. The first-order valence-corrected chi connectivity index (χ1v) is 3.35. The van der Waals surface area contributed by atoms with E-state index in [0.29, 0.717) is 0 Å². The van der Waals surface area contributed by atoms with Gasteiger partial charge in [0, 0.05) is 0 Å². The van der Waals surface area contributed by atoms with Crippen LogP contribution in [0.5, 0.6) is 0 Å². The quantitative estimate of drug-likeness (QED) is 0.498. The van der Waals surface area contributed by atoms with Crippen molar-refractivity contribution in [1.82, 2.24) is 0 Å². The number of hydrogen-bond donors (Lipinski definition) is 0. The predicted molar refractivity (Wildman–Crippen MR) is 25.5 cm³/mol. The summed E-state index contributed by atoms with van der Waals surface area (Å²) in [6.07, 6.45) is 2.69. The zero-order valence-electron chi connectivity index (χ0n) is 3.57. The fourth-order valence-corrected chi connectivity index (χ4v) is 0.822. The van der Waals surface area contributed by atoms with Crippen molar-refractivity contribution in [3.8, 4) is 0 Å². The Bertz CT molecular complexity index is 11.1. The summed E-state index contributed by atoms with van der Waals surface area (Å²) >= 11 is 2.58. The summed E-state index contributed by atoms with van der Waals surface area (Å²) in [4.78, 5) is 0. The molecule has 30 valence electrons. The molecular formula is C4H9As. The Morgan fingerprint density at radius 3 is 2.20 bits per heavy atom. The predicted octanol–water partition coefficient (Wildman–Crippen LogP) is 1.37. The molecule has 0 aromatic carbocycles. The topological polar surface area (TPSA) is 0 Å². The van der Waals surface area contributed by atoms with E-state index in [-0.39, 0.29) is 0 Å². The SMILES string of the molecule is CCCC[As]. The van der Waals surface area contributed by atoms with Crippen molar-refractivity contribution in [3.63, 3.8) is 0 Å². The second kappa shape index (κ2) is 4.56. The summed E-state index contributed by atoms with van der Waals surface area (Å²) in [6.45, 7) is 2.20. The Morgan fingerprint density at radius 1 is 1.60 bits per heavy atom. The van der Waals surface area contributed by atoms with Gasteiger partial charge in [0.25, 0.3) is 0 Å². The van der Waals surface area contributed by atoms with Crippen LogP contribution < -0.4 is 0 Å². The van der Waals surface area contributed by atoms with Crippen LogP contribution in [0.25, 0.3) is 0 Å². The van der Waals surface area contributed by atoms with Gasteiger partial charge in [0.1, 0.15) is 0 Å². The summed E-state index contributed by atoms with van der Waals surface area (Å²) in [5, 5.41) is 1.28. The van der Waals surface area contributed by atoms with Crippen LogP contribution in [0.3, 0.4) is 0 Å². The summed E-state index contributed by atoms with van der Waals surface area (Å²) in [5.74, 6) is 0. The van der Waals surface area contributed by atoms with Crippen molar-refractivity contribution >= 4 is 16.9 Å². The average Bonchev–Trinajstić information content (AvgIpc) is 1.41. The van der Waals surface area contributed by atoms with Gasteiger partial charge in [-0.05, 0) is 0 Å². The monoisotopic (exact) mass is 132 g/mol. The van der Waals surface area contributed by atoms with E-state index in [9.17, 15) is 0 Å². The van der Waals surface area contributed by atoms with Gasteiger partial charge >= 0.3 is 41.8 Å². The van der Waals surface area contributed by atoms with Crippen LogP contribution >= 0.6 is 0 Å². The van der Waals surface area contributed by atoms with Gasteiger partial charge in [0.2, 0.25) is 0 Å². The van der Waals surface area contributed by atoms with Gasteiger partial charge in [0.05, 0.1) is 0 Å². The van der Waals surface area contributed by atoms with E-state index in [1.807, 2.05) is 0 Å². The van der Waals surface area contributed by atoms with E-state index in [1.165, 1.54) is 18.1 Å². The van der Waals surface area contributed by atoms with Gasteiger partial charge in [-0.3, -0.25) is 0 Å². The van der Waals surface area contributed by atoms with Crippen LogP contribution in [0, 0.1) is 0 Å². The molecule has 0 fully saturated rings. The van der Waals surface area contributed by atoms with Gasteiger partial charge in [-0.2, -0.15) is 0 Å². The van der Waals surface area contributed by atoms with Crippen molar-refractivity contribution in [2.24, 2.45) is 0 Å². The molecule has 0 aromatic rings. The first-order chi connectivity index (χ1) is 2.41. The van der Waals surface area contributed by atoms with E-state index in [2.05, 4.69) is 23.8 Å². The maximum atomic E-state index is 2.58. The molecule has 0 aliphatic rings. The molecule has 0 N–H and O–H groups in total. The fraction of sp³-hybridized carbons (Fsp3) is 1.00. The van der Waals surface area contributed by atoms with Crippen LogP contribution in [-0.2, 0) is 0 Å². The van der Waals surface area contributed by atoms with Crippen molar-refractivity contribution in [2.75, 3.05) is 0 Å². The van der Waals surface area contributed by atoms with Gasteiger partial charge in [-0.1, -0.05) is 0 Å². The van der Waals surface area contributed by atoms with E-state index < -0.39 is 0 Å². The van der Waals surface area contributed by atoms with Crippen LogP contribution in [-0.4, -0.2) is 16.9 Å². The van der Waals surface area contributed by atoms with Gasteiger partial charge < -0.3 is 0 Å². The van der Waals surface area contributed by atoms with E-state index in [0.717, 1.165) is 0 Å². The summed E-state index contributed by atoms with van der Waals surface area (Å²) in [7, 11) is 0. The first-order valence-electron chi connectivity index (χ1n) is 2.02. The van der Waals surface area contributed by atoms with Crippen LogP contribution in [0.4, 0.5) is 0 Å². The molecule has 0 nitrogen and oxygen atoms in total. The van der Waals surface area contributed by atoms with Gasteiger partial charge in [-0.15, -0.1) is 0 Å². The number of hydrogen-bond acceptors (Lipinski definition) is 0. The minimum atomic E-state index is 1.28. The average molecular weight is 132 g/mol. The Kier molecular flexibility index (Phi) is 5.07. The molecule has 5 heavy (non-hydrogen) atoms. The zero-order valence-corrected chi connectivity index (χ0v) is 5.45. The molecule has 1 heteroatoms. The van der Waals surface area contributed by atoms with Gasteiger partial charge in [-0.25, -0.2) is 0 Å². The van der Waals surface area contributed by atoms with Crippen molar-refractivity contribution < 1.29 is 0 Å². The normalized spacial score (nSPS) is 8.40. The van der Waals surface area contributed by atoms with Crippen molar-refractivity contribution in [2.45, 2.75) is 25.0 Å². The molecule has 0 aliphatic carbocycles. The second-order valence-corrected chi connectivity index (χ2v) is 2.02.